The molecule has 0 unspecified atom stereocenters. The van der Waals surface area contributed by atoms with Crippen LogP contribution in [0, 0.1) is 0 Å². The predicted molar refractivity (Wildman–Crippen MR) is 163 cm³/mol. The molecule has 0 radical (unpaired) electrons. The van der Waals surface area contributed by atoms with Crippen molar-refractivity contribution in [1.82, 2.24) is 10.2 Å². The van der Waals surface area contributed by atoms with Gasteiger partial charge in [-0.25, -0.2) is 8.42 Å². The molecule has 0 saturated carbocycles. The molecule has 11 heteroatoms. The fourth-order valence-corrected chi connectivity index (χ4v) is 6.10. The van der Waals surface area contributed by atoms with Gasteiger partial charge in [0.1, 0.15) is 18.3 Å². The van der Waals surface area contributed by atoms with Gasteiger partial charge < -0.3 is 15.0 Å². The first-order valence-corrected chi connectivity index (χ1v) is 15.5. The number of hydrogen-bond acceptors (Lipinski definition) is 5. The molecule has 0 aliphatic rings. The van der Waals surface area contributed by atoms with Crippen LogP contribution < -0.4 is 14.4 Å². The van der Waals surface area contributed by atoms with Gasteiger partial charge in [-0.1, -0.05) is 73.4 Å². The lowest BCUT2D eigenvalue weighted by Crippen LogP contribution is -2.53. The van der Waals surface area contributed by atoms with Crippen molar-refractivity contribution in [2.45, 2.75) is 57.1 Å². The topological polar surface area (TPSA) is 96.0 Å². The molecule has 0 aliphatic carbocycles. The summed E-state index contributed by atoms with van der Waals surface area (Å²) < 4.78 is 34.0. The number of ether oxygens (including phenoxy) is 1. The number of benzene rings is 3. The number of rotatable bonds is 13. The summed E-state index contributed by atoms with van der Waals surface area (Å²) in [5.41, 5.74) is 0.796. The third kappa shape index (κ3) is 7.93. The van der Waals surface area contributed by atoms with Crippen LogP contribution in [-0.4, -0.2) is 50.9 Å². The number of halogens is 2. The number of hydrogen-bond donors (Lipinski definition) is 1. The van der Waals surface area contributed by atoms with Gasteiger partial charge in [0.2, 0.25) is 11.8 Å². The zero-order chi connectivity index (χ0) is 30.2. The smallest absolute Gasteiger partial charge is 0.264 e. The summed E-state index contributed by atoms with van der Waals surface area (Å²) >= 11 is 12.8. The molecule has 3 rings (SSSR count). The summed E-state index contributed by atoms with van der Waals surface area (Å²) in [4.78, 5) is 28.9. The Morgan fingerprint density at radius 1 is 0.927 bits per heavy atom. The summed E-state index contributed by atoms with van der Waals surface area (Å²) in [6, 6.07) is 18.3. The number of carbonyl (C=O) groups excluding carboxylic acids is 2. The Kier molecular flexibility index (Phi) is 11.5. The first-order valence-electron chi connectivity index (χ1n) is 13.3. The summed E-state index contributed by atoms with van der Waals surface area (Å²) in [7, 11) is -2.77. The Balaban J connectivity index is 2.09. The van der Waals surface area contributed by atoms with Gasteiger partial charge in [-0.15, -0.1) is 0 Å². The van der Waals surface area contributed by atoms with E-state index in [4.69, 9.17) is 27.9 Å². The SMILES string of the molecule is CC[C@@H](C)NC(=O)[C@@H](CC)N(Cc1ccccc1Cl)C(=O)CN(c1ccc(OC)c(Cl)c1)S(=O)(=O)c1ccccc1. The minimum absolute atomic E-state index is 0.000973. The van der Waals surface area contributed by atoms with E-state index in [-0.39, 0.29) is 34.1 Å². The number of carbonyl (C=O) groups is 2. The second-order valence-corrected chi connectivity index (χ2v) is 12.2. The monoisotopic (exact) mass is 619 g/mol. The second kappa shape index (κ2) is 14.6. The zero-order valence-electron chi connectivity index (χ0n) is 23.5. The van der Waals surface area contributed by atoms with E-state index in [0.717, 1.165) is 4.31 Å². The largest absolute Gasteiger partial charge is 0.495 e. The summed E-state index contributed by atoms with van der Waals surface area (Å²) in [5.74, 6) is -0.554. The highest BCUT2D eigenvalue weighted by Gasteiger charge is 2.34. The first kappa shape index (κ1) is 32.2. The predicted octanol–water partition coefficient (Wildman–Crippen LogP) is 5.92. The molecule has 0 bridgehead atoms. The Hall–Kier alpha value is -3.27. The van der Waals surface area contributed by atoms with Gasteiger partial charge in [0, 0.05) is 17.6 Å². The molecule has 2 amide bonds. The number of amides is 2. The maximum atomic E-state index is 14.1. The van der Waals surface area contributed by atoms with E-state index in [9.17, 15) is 18.0 Å². The van der Waals surface area contributed by atoms with Crippen LogP contribution in [0.3, 0.4) is 0 Å². The number of methoxy groups -OCH3 is 1. The highest BCUT2D eigenvalue weighted by Crippen LogP contribution is 2.32. The van der Waals surface area contributed by atoms with Gasteiger partial charge in [0.05, 0.1) is 22.7 Å². The standard InChI is InChI=1S/C30H35Cl2N3O5S/c1-5-21(3)33-30(37)27(6-2)34(19-22-12-10-11-15-25(22)31)29(36)20-35(23-16-17-28(40-4)26(32)18-23)41(38,39)24-13-8-7-9-14-24/h7-18,21,27H,5-6,19-20H2,1-4H3,(H,33,37)/t21-,27-/m1/s1. The quantitative estimate of drug-likeness (QED) is 0.256. The molecule has 2 atom stereocenters. The number of sulfonamides is 1. The highest BCUT2D eigenvalue weighted by atomic mass is 35.5. The van der Waals surface area contributed by atoms with Crippen molar-refractivity contribution in [1.29, 1.82) is 0 Å². The maximum Gasteiger partial charge on any atom is 0.264 e. The molecule has 41 heavy (non-hydrogen) atoms. The second-order valence-electron chi connectivity index (χ2n) is 9.50. The van der Waals surface area contributed by atoms with Crippen molar-refractivity contribution in [2.24, 2.45) is 0 Å². The molecular weight excluding hydrogens is 585 g/mol. The van der Waals surface area contributed by atoms with E-state index in [1.165, 1.54) is 42.3 Å². The van der Waals surface area contributed by atoms with E-state index in [2.05, 4.69) is 5.32 Å². The van der Waals surface area contributed by atoms with Gasteiger partial charge in [-0.05, 0) is 61.7 Å². The average molecular weight is 621 g/mol. The molecule has 0 aromatic heterocycles. The third-order valence-electron chi connectivity index (χ3n) is 6.72. The zero-order valence-corrected chi connectivity index (χ0v) is 25.8. The fourth-order valence-electron chi connectivity index (χ4n) is 4.23. The van der Waals surface area contributed by atoms with Crippen molar-refractivity contribution < 1.29 is 22.7 Å². The molecule has 0 saturated heterocycles. The fraction of sp³-hybridized carbons (Fsp3) is 0.333. The lowest BCUT2D eigenvalue weighted by Gasteiger charge is -2.34. The summed E-state index contributed by atoms with van der Waals surface area (Å²) in [5, 5.41) is 3.56. The Bertz CT molecular complexity index is 1450. The lowest BCUT2D eigenvalue weighted by atomic mass is 10.1. The van der Waals surface area contributed by atoms with Crippen molar-refractivity contribution in [3.63, 3.8) is 0 Å². The minimum atomic E-state index is -4.22. The van der Waals surface area contributed by atoms with Crippen LogP contribution in [-0.2, 0) is 26.2 Å². The molecule has 1 N–H and O–H groups in total. The minimum Gasteiger partial charge on any atom is -0.495 e. The average Bonchev–Trinajstić information content (AvgIpc) is 2.96. The molecule has 220 valence electrons. The molecule has 3 aromatic carbocycles. The molecule has 0 heterocycles. The van der Waals surface area contributed by atoms with Gasteiger partial charge in [-0.3, -0.25) is 13.9 Å². The van der Waals surface area contributed by atoms with E-state index >= 15 is 0 Å². The summed E-state index contributed by atoms with van der Waals surface area (Å²) in [6.45, 7) is 5.05. The maximum absolute atomic E-state index is 14.1. The first-order chi connectivity index (χ1) is 19.5. The lowest BCUT2D eigenvalue weighted by molar-refractivity contribution is -0.140. The van der Waals surface area contributed by atoms with Gasteiger partial charge in [0.25, 0.3) is 10.0 Å². The number of nitrogens with zero attached hydrogens (tertiary/aromatic N) is 2. The van der Waals surface area contributed by atoms with Crippen molar-refractivity contribution in [2.75, 3.05) is 18.0 Å². The van der Waals surface area contributed by atoms with Crippen molar-refractivity contribution >= 4 is 50.7 Å². The number of anilines is 1. The molecule has 0 aliphatic heterocycles. The molecule has 0 fully saturated rings. The number of nitrogens with one attached hydrogen (secondary N) is 1. The molecular formula is C30H35Cl2N3O5S. The summed E-state index contributed by atoms with van der Waals surface area (Å²) in [6.07, 6.45) is 1.01. The highest BCUT2D eigenvalue weighted by molar-refractivity contribution is 7.92. The Labute approximate surface area is 252 Å². The van der Waals surface area contributed by atoms with Crippen LogP contribution in [0.2, 0.25) is 10.0 Å². The van der Waals surface area contributed by atoms with E-state index in [0.29, 0.717) is 29.2 Å². The van der Waals surface area contributed by atoms with E-state index < -0.39 is 28.5 Å². The van der Waals surface area contributed by atoms with Crippen molar-refractivity contribution in [3.05, 3.63) is 88.4 Å². The van der Waals surface area contributed by atoms with Crippen LogP contribution >= 0.6 is 23.2 Å². The van der Waals surface area contributed by atoms with Gasteiger partial charge in [0.15, 0.2) is 0 Å². The van der Waals surface area contributed by atoms with Crippen LogP contribution in [0.1, 0.15) is 39.2 Å². The normalized spacial score (nSPS) is 12.7. The Morgan fingerprint density at radius 3 is 2.17 bits per heavy atom. The molecule has 0 spiro atoms. The van der Waals surface area contributed by atoms with E-state index in [1.807, 2.05) is 13.8 Å². The van der Waals surface area contributed by atoms with Gasteiger partial charge in [-0.2, -0.15) is 0 Å². The van der Waals surface area contributed by atoms with Gasteiger partial charge >= 0.3 is 0 Å². The van der Waals surface area contributed by atoms with Crippen molar-refractivity contribution in [3.8, 4) is 5.75 Å². The molecule has 8 nitrogen and oxygen atoms in total. The molecule has 3 aromatic rings. The third-order valence-corrected chi connectivity index (χ3v) is 9.17. The van der Waals surface area contributed by atoms with Crippen LogP contribution in [0.5, 0.6) is 5.75 Å². The van der Waals surface area contributed by atoms with Crippen LogP contribution in [0.25, 0.3) is 0 Å². The van der Waals surface area contributed by atoms with Crippen LogP contribution in [0.4, 0.5) is 5.69 Å². The Morgan fingerprint density at radius 2 is 1.59 bits per heavy atom. The van der Waals surface area contributed by atoms with E-state index in [1.54, 1.807) is 49.4 Å². The van der Waals surface area contributed by atoms with Crippen LogP contribution in [0.15, 0.2) is 77.7 Å².